The van der Waals surface area contributed by atoms with E-state index in [0.717, 1.165) is 10.4 Å². The molecule has 0 unspecified atom stereocenters. The fourth-order valence-corrected chi connectivity index (χ4v) is 2.04. The maximum absolute atomic E-state index is 11.9. The molecule has 1 aromatic carbocycles. The number of rotatable bonds is 1. The standard InChI is InChI=1S/C13H7F3S/c14-13(15,16)8-7-10-3-5-11(6-4-10)12-2-1-9-17-12/h1-6,9H. The summed E-state index contributed by atoms with van der Waals surface area (Å²) in [6.45, 7) is 0. The quantitative estimate of drug-likeness (QED) is 0.663. The molecule has 0 radical (unpaired) electrons. The Morgan fingerprint density at radius 1 is 1.00 bits per heavy atom. The van der Waals surface area contributed by atoms with Gasteiger partial charge in [0.15, 0.2) is 0 Å². The van der Waals surface area contributed by atoms with E-state index in [2.05, 4.69) is 5.92 Å². The van der Waals surface area contributed by atoms with Crippen molar-refractivity contribution in [1.82, 2.24) is 0 Å². The van der Waals surface area contributed by atoms with Crippen LogP contribution in [0, 0.1) is 11.8 Å². The SMILES string of the molecule is FC(F)(F)C#Cc1ccc(-c2cccs2)cc1. The summed E-state index contributed by atoms with van der Waals surface area (Å²) in [6.07, 6.45) is -4.44. The highest BCUT2D eigenvalue weighted by Gasteiger charge is 2.22. The average Bonchev–Trinajstić information content (AvgIpc) is 2.79. The fourth-order valence-electron chi connectivity index (χ4n) is 1.30. The van der Waals surface area contributed by atoms with Crippen LogP contribution in [0.5, 0.6) is 0 Å². The molecule has 4 heteroatoms. The molecule has 0 fully saturated rings. The average molecular weight is 252 g/mol. The third kappa shape index (κ3) is 3.36. The summed E-state index contributed by atoms with van der Waals surface area (Å²) in [5.41, 5.74) is 1.35. The predicted octanol–water partition coefficient (Wildman–Crippen LogP) is 4.33. The molecule has 1 aromatic heterocycles. The Morgan fingerprint density at radius 3 is 2.24 bits per heavy atom. The largest absolute Gasteiger partial charge is 0.458 e. The molecule has 0 bridgehead atoms. The number of halogens is 3. The second-order valence-electron chi connectivity index (χ2n) is 3.30. The lowest BCUT2D eigenvalue weighted by Gasteiger charge is -1.97. The third-order valence-corrected chi connectivity index (χ3v) is 2.96. The normalized spacial score (nSPS) is 10.8. The van der Waals surface area contributed by atoms with Gasteiger partial charge >= 0.3 is 6.18 Å². The number of thiophene rings is 1. The predicted molar refractivity (Wildman–Crippen MR) is 62.7 cm³/mol. The fraction of sp³-hybridized carbons (Fsp3) is 0.0769. The van der Waals surface area contributed by atoms with Gasteiger partial charge in [-0.25, -0.2) is 0 Å². The van der Waals surface area contributed by atoms with Crippen LogP contribution in [0.25, 0.3) is 10.4 Å². The molecule has 0 N–H and O–H groups in total. The van der Waals surface area contributed by atoms with E-state index in [-0.39, 0.29) is 0 Å². The van der Waals surface area contributed by atoms with Crippen molar-refractivity contribution in [2.24, 2.45) is 0 Å². The minimum Gasteiger partial charge on any atom is -0.159 e. The van der Waals surface area contributed by atoms with Crippen LogP contribution < -0.4 is 0 Å². The van der Waals surface area contributed by atoms with E-state index in [9.17, 15) is 13.2 Å². The lowest BCUT2D eigenvalue weighted by atomic mass is 10.1. The summed E-state index contributed by atoms with van der Waals surface area (Å²) in [4.78, 5) is 1.08. The van der Waals surface area contributed by atoms with E-state index in [4.69, 9.17) is 0 Å². The topological polar surface area (TPSA) is 0 Å². The monoisotopic (exact) mass is 252 g/mol. The Hall–Kier alpha value is -1.73. The van der Waals surface area contributed by atoms with Gasteiger partial charge in [0, 0.05) is 16.4 Å². The van der Waals surface area contributed by atoms with Crippen molar-refractivity contribution in [2.75, 3.05) is 0 Å². The van der Waals surface area contributed by atoms with E-state index in [1.807, 2.05) is 17.5 Å². The molecular formula is C13H7F3S. The maximum Gasteiger partial charge on any atom is 0.458 e. The van der Waals surface area contributed by atoms with Crippen LogP contribution in [-0.4, -0.2) is 6.18 Å². The second kappa shape index (κ2) is 4.64. The van der Waals surface area contributed by atoms with E-state index in [1.54, 1.807) is 35.6 Å². The van der Waals surface area contributed by atoms with E-state index < -0.39 is 6.18 Å². The van der Waals surface area contributed by atoms with Gasteiger partial charge in [0.25, 0.3) is 0 Å². The first-order valence-electron chi connectivity index (χ1n) is 4.78. The first-order valence-corrected chi connectivity index (χ1v) is 5.66. The van der Waals surface area contributed by atoms with Gasteiger partial charge in [-0.2, -0.15) is 13.2 Å². The Kier molecular flexibility index (Phi) is 3.21. The molecule has 0 aliphatic heterocycles. The van der Waals surface area contributed by atoms with Crippen LogP contribution >= 0.6 is 11.3 Å². The second-order valence-corrected chi connectivity index (χ2v) is 4.25. The van der Waals surface area contributed by atoms with Crippen molar-refractivity contribution >= 4 is 11.3 Å². The summed E-state index contributed by atoms with van der Waals surface area (Å²) in [7, 11) is 0. The van der Waals surface area contributed by atoms with Gasteiger partial charge in [0.05, 0.1) is 0 Å². The van der Waals surface area contributed by atoms with E-state index in [0.29, 0.717) is 5.56 Å². The van der Waals surface area contributed by atoms with Crippen LogP contribution in [0.2, 0.25) is 0 Å². The number of hydrogen-bond donors (Lipinski definition) is 0. The number of benzene rings is 1. The minimum absolute atomic E-state index is 0.364. The number of hydrogen-bond acceptors (Lipinski definition) is 1. The van der Waals surface area contributed by atoms with Gasteiger partial charge in [-0.05, 0) is 29.1 Å². The van der Waals surface area contributed by atoms with Gasteiger partial charge in [0.2, 0.25) is 0 Å². The molecule has 0 spiro atoms. The van der Waals surface area contributed by atoms with Gasteiger partial charge in [-0.1, -0.05) is 24.1 Å². The van der Waals surface area contributed by atoms with Gasteiger partial charge < -0.3 is 0 Å². The molecule has 0 atom stereocenters. The Labute approximate surface area is 101 Å². The molecule has 0 aliphatic carbocycles. The van der Waals surface area contributed by atoms with E-state index >= 15 is 0 Å². The first kappa shape index (κ1) is 11.7. The molecule has 2 rings (SSSR count). The summed E-state index contributed by atoms with van der Waals surface area (Å²) in [5, 5.41) is 1.95. The van der Waals surface area contributed by atoms with Crippen molar-refractivity contribution in [2.45, 2.75) is 6.18 Å². The molecule has 1 heterocycles. The Morgan fingerprint density at radius 2 is 1.71 bits per heavy atom. The highest BCUT2D eigenvalue weighted by atomic mass is 32.1. The van der Waals surface area contributed by atoms with Crippen molar-refractivity contribution in [3.05, 3.63) is 47.3 Å². The van der Waals surface area contributed by atoms with Crippen molar-refractivity contribution in [1.29, 1.82) is 0 Å². The highest BCUT2D eigenvalue weighted by Crippen LogP contribution is 2.24. The van der Waals surface area contributed by atoms with Crippen LogP contribution in [-0.2, 0) is 0 Å². The molecule has 0 saturated heterocycles. The molecule has 2 aromatic rings. The Balaban J connectivity index is 2.21. The van der Waals surface area contributed by atoms with E-state index in [1.165, 1.54) is 5.92 Å². The summed E-state index contributed by atoms with van der Waals surface area (Å²) in [6, 6.07) is 10.6. The maximum atomic E-state index is 11.9. The van der Waals surface area contributed by atoms with Crippen LogP contribution in [0.3, 0.4) is 0 Å². The zero-order chi connectivity index (χ0) is 12.3. The highest BCUT2D eigenvalue weighted by molar-refractivity contribution is 7.13. The summed E-state index contributed by atoms with van der Waals surface area (Å²) >= 11 is 1.58. The smallest absolute Gasteiger partial charge is 0.159 e. The van der Waals surface area contributed by atoms with Gasteiger partial charge in [-0.15, -0.1) is 11.3 Å². The van der Waals surface area contributed by atoms with Crippen LogP contribution in [0.1, 0.15) is 5.56 Å². The molecule has 17 heavy (non-hydrogen) atoms. The molecule has 0 saturated carbocycles. The van der Waals surface area contributed by atoms with Crippen LogP contribution in [0.15, 0.2) is 41.8 Å². The molecule has 0 amide bonds. The zero-order valence-electron chi connectivity index (χ0n) is 8.58. The van der Waals surface area contributed by atoms with Crippen LogP contribution in [0.4, 0.5) is 13.2 Å². The number of alkyl halides is 3. The lowest BCUT2D eigenvalue weighted by molar-refractivity contribution is -0.0696. The minimum atomic E-state index is -4.44. The molecule has 0 nitrogen and oxygen atoms in total. The molecular weight excluding hydrogens is 245 g/mol. The lowest BCUT2D eigenvalue weighted by Crippen LogP contribution is -2.01. The van der Waals surface area contributed by atoms with Crippen molar-refractivity contribution in [3.8, 4) is 22.3 Å². The third-order valence-electron chi connectivity index (χ3n) is 2.04. The van der Waals surface area contributed by atoms with Gasteiger partial charge in [0.1, 0.15) is 0 Å². The first-order chi connectivity index (χ1) is 8.04. The molecule has 86 valence electrons. The Bertz CT molecular complexity index is 539. The molecule has 0 aliphatic rings. The summed E-state index contributed by atoms with van der Waals surface area (Å²) < 4.78 is 35.6. The van der Waals surface area contributed by atoms with Gasteiger partial charge in [-0.3, -0.25) is 0 Å². The summed E-state index contributed by atoms with van der Waals surface area (Å²) in [5.74, 6) is 3.33. The zero-order valence-corrected chi connectivity index (χ0v) is 9.40. The van der Waals surface area contributed by atoms with Crippen molar-refractivity contribution < 1.29 is 13.2 Å². The van der Waals surface area contributed by atoms with Crippen molar-refractivity contribution in [3.63, 3.8) is 0 Å².